The zero-order valence-corrected chi connectivity index (χ0v) is 10.8. The van der Waals surface area contributed by atoms with Gasteiger partial charge < -0.3 is 16.2 Å². The van der Waals surface area contributed by atoms with E-state index in [1.807, 2.05) is 20.8 Å². The molecule has 1 unspecified atom stereocenters. The fourth-order valence-corrected chi connectivity index (χ4v) is 1.22. The number of aliphatic hydroxyl groups excluding tert-OH is 1. The number of carbonyl (C=O) groups excluding carboxylic acids is 1. The summed E-state index contributed by atoms with van der Waals surface area (Å²) in [6.07, 6.45) is 3.04. The monoisotopic (exact) mass is 230 g/mol. The van der Waals surface area contributed by atoms with Crippen molar-refractivity contribution in [1.29, 1.82) is 0 Å². The minimum absolute atomic E-state index is 0.0198. The van der Waals surface area contributed by atoms with Crippen molar-refractivity contribution in [3.05, 3.63) is 0 Å². The molecule has 0 spiro atoms. The van der Waals surface area contributed by atoms with E-state index in [9.17, 15) is 4.79 Å². The second-order valence-electron chi connectivity index (χ2n) is 5.31. The van der Waals surface area contributed by atoms with Crippen molar-refractivity contribution in [2.24, 2.45) is 11.1 Å². The third kappa shape index (κ3) is 7.65. The van der Waals surface area contributed by atoms with E-state index in [1.165, 1.54) is 0 Å². The Morgan fingerprint density at radius 3 is 2.44 bits per heavy atom. The SMILES string of the molecule is CC(C)(C)C(N)CC(=O)NCCCCCO. The second kappa shape index (κ2) is 7.63. The molecule has 0 fully saturated rings. The Morgan fingerprint density at radius 1 is 1.31 bits per heavy atom. The number of rotatable bonds is 7. The standard InChI is InChI=1S/C12H26N2O2/c1-12(2,3)10(13)9-11(16)14-7-5-4-6-8-15/h10,15H,4-9,13H2,1-3H3,(H,14,16). The number of hydrogen-bond acceptors (Lipinski definition) is 3. The van der Waals surface area contributed by atoms with Crippen LogP contribution in [-0.4, -0.2) is 30.2 Å². The van der Waals surface area contributed by atoms with Crippen molar-refractivity contribution in [2.75, 3.05) is 13.2 Å². The highest BCUT2D eigenvalue weighted by Crippen LogP contribution is 2.19. The fourth-order valence-electron chi connectivity index (χ4n) is 1.22. The summed E-state index contributed by atoms with van der Waals surface area (Å²) in [7, 11) is 0. The quantitative estimate of drug-likeness (QED) is 0.572. The molecular weight excluding hydrogens is 204 g/mol. The van der Waals surface area contributed by atoms with E-state index in [0.29, 0.717) is 13.0 Å². The fraction of sp³-hybridized carbons (Fsp3) is 0.917. The van der Waals surface area contributed by atoms with Gasteiger partial charge in [-0.2, -0.15) is 0 Å². The maximum Gasteiger partial charge on any atom is 0.221 e. The minimum Gasteiger partial charge on any atom is -0.396 e. The summed E-state index contributed by atoms with van der Waals surface area (Å²) in [6, 6.07) is -0.107. The summed E-state index contributed by atoms with van der Waals surface area (Å²) < 4.78 is 0. The predicted molar refractivity (Wildman–Crippen MR) is 66.0 cm³/mol. The maximum atomic E-state index is 11.5. The van der Waals surface area contributed by atoms with Crippen LogP contribution < -0.4 is 11.1 Å². The molecule has 0 aliphatic carbocycles. The Labute approximate surface area is 98.6 Å². The molecule has 0 aromatic rings. The first-order valence-electron chi connectivity index (χ1n) is 6.01. The molecule has 16 heavy (non-hydrogen) atoms. The van der Waals surface area contributed by atoms with Gasteiger partial charge in [-0.25, -0.2) is 0 Å². The molecule has 96 valence electrons. The van der Waals surface area contributed by atoms with E-state index < -0.39 is 0 Å². The number of unbranched alkanes of at least 4 members (excludes halogenated alkanes) is 2. The Hall–Kier alpha value is -0.610. The normalized spacial score (nSPS) is 13.6. The van der Waals surface area contributed by atoms with E-state index in [1.54, 1.807) is 0 Å². The summed E-state index contributed by atoms with van der Waals surface area (Å²) >= 11 is 0. The highest BCUT2D eigenvalue weighted by Gasteiger charge is 2.22. The molecule has 1 atom stereocenters. The third-order valence-corrected chi connectivity index (χ3v) is 2.67. The lowest BCUT2D eigenvalue weighted by Gasteiger charge is -2.26. The number of aliphatic hydroxyl groups is 1. The summed E-state index contributed by atoms with van der Waals surface area (Å²) in [6.45, 7) is 7.00. The average Bonchev–Trinajstić information content (AvgIpc) is 2.16. The van der Waals surface area contributed by atoms with E-state index in [0.717, 1.165) is 19.3 Å². The van der Waals surface area contributed by atoms with Crippen molar-refractivity contribution in [3.8, 4) is 0 Å². The number of nitrogens with one attached hydrogen (secondary N) is 1. The van der Waals surface area contributed by atoms with Gasteiger partial charge in [-0.3, -0.25) is 4.79 Å². The first-order valence-corrected chi connectivity index (χ1v) is 6.01. The molecule has 4 nitrogen and oxygen atoms in total. The summed E-state index contributed by atoms with van der Waals surface area (Å²) in [5.74, 6) is 0.0198. The third-order valence-electron chi connectivity index (χ3n) is 2.67. The Kier molecular flexibility index (Phi) is 7.34. The van der Waals surface area contributed by atoms with Crippen molar-refractivity contribution in [3.63, 3.8) is 0 Å². The first-order chi connectivity index (χ1) is 7.38. The highest BCUT2D eigenvalue weighted by molar-refractivity contribution is 5.76. The van der Waals surface area contributed by atoms with Gasteiger partial charge >= 0.3 is 0 Å². The minimum atomic E-state index is -0.107. The van der Waals surface area contributed by atoms with Gasteiger partial charge in [0.1, 0.15) is 0 Å². The molecule has 0 aliphatic rings. The number of amides is 1. The van der Waals surface area contributed by atoms with E-state index in [4.69, 9.17) is 10.8 Å². The Bertz CT molecular complexity index is 200. The van der Waals surface area contributed by atoms with Crippen LogP contribution in [0, 0.1) is 5.41 Å². The summed E-state index contributed by atoms with van der Waals surface area (Å²) in [5, 5.41) is 11.4. The predicted octanol–water partition coefficient (Wildman–Crippen LogP) is 1.03. The van der Waals surface area contributed by atoms with Gasteiger partial charge in [0.2, 0.25) is 5.91 Å². The van der Waals surface area contributed by atoms with Gasteiger partial charge in [0.05, 0.1) is 0 Å². The molecule has 0 aromatic heterocycles. The van der Waals surface area contributed by atoms with E-state index in [2.05, 4.69) is 5.32 Å². The van der Waals surface area contributed by atoms with Crippen LogP contribution >= 0.6 is 0 Å². The topological polar surface area (TPSA) is 75.4 Å². The van der Waals surface area contributed by atoms with Crippen LogP contribution in [0.15, 0.2) is 0 Å². The van der Waals surface area contributed by atoms with Crippen LogP contribution in [0.1, 0.15) is 46.5 Å². The van der Waals surface area contributed by atoms with Gasteiger partial charge in [-0.05, 0) is 24.7 Å². The van der Waals surface area contributed by atoms with E-state index >= 15 is 0 Å². The van der Waals surface area contributed by atoms with Gasteiger partial charge in [-0.15, -0.1) is 0 Å². The first kappa shape index (κ1) is 15.4. The smallest absolute Gasteiger partial charge is 0.221 e. The summed E-state index contributed by atoms with van der Waals surface area (Å²) in [5.41, 5.74) is 5.88. The number of nitrogens with two attached hydrogens (primary N) is 1. The van der Waals surface area contributed by atoms with E-state index in [-0.39, 0.29) is 24.0 Å². The molecule has 0 aromatic carbocycles. The van der Waals surface area contributed by atoms with Crippen molar-refractivity contribution in [1.82, 2.24) is 5.32 Å². The van der Waals surface area contributed by atoms with Crippen LogP contribution in [0.2, 0.25) is 0 Å². The summed E-state index contributed by atoms with van der Waals surface area (Å²) in [4.78, 5) is 11.5. The zero-order chi connectivity index (χ0) is 12.6. The number of hydrogen-bond donors (Lipinski definition) is 3. The van der Waals surface area contributed by atoms with Gasteiger partial charge in [0, 0.05) is 25.6 Å². The second-order valence-corrected chi connectivity index (χ2v) is 5.31. The molecule has 4 heteroatoms. The average molecular weight is 230 g/mol. The molecule has 0 saturated heterocycles. The highest BCUT2D eigenvalue weighted by atomic mass is 16.2. The molecule has 0 saturated carbocycles. The molecular formula is C12H26N2O2. The lowest BCUT2D eigenvalue weighted by atomic mass is 9.85. The molecule has 0 radical (unpaired) electrons. The van der Waals surface area contributed by atoms with Crippen LogP contribution in [0.5, 0.6) is 0 Å². The Morgan fingerprint density at radius 2 is 1.94 bits per heavy atom. The van der Waals surface area contributed by atoms with Crippen molar-refractivity contribution < 1.29 is 9.90 Å². The van der Waals surface area contributed by atoms with Gasteiger partial charge in [0.25, 0.3) is 0 Å². The van der Waals surface area contributed by atoms with Gasteiger partial charge in [-0.1, -0.05) is 20.8 Å². The van der Waals surface area contributed by atoms with Crippen molar-refractivity contribution >= 4 is 5.91 Å². The van der Waals surface area contributed by atoms with Crippen LogP contribution in [0.25, 0.3) is 0 Å². The number of carbonyl (C=O) groups is 1. The molecule has 1 amide bonds. The lowest BCUT2D eigenvalue weighted by Crippen LogP contribution is -2.40. The molecule has 0 aliphatic heterocycles. The molecule has 0 bridgehead atoms. The van der Waals surface area contributed by atoms with Crippen LogP contribution in [0.3, 0.4) is 0 Å². The van der Waals surface area contributed by atoms with Crippen LogP contribution in [-0.2, 0) is 4.79 Å². The molecule has 0 rings (SSSR count). The lowest BCUT2D eigenvalue weighted by molar-refractivity contribution is -0.121. The van der Waals surface area contributed by atoms with Gasteiger partial charge in [0.15, 0.2) is 0 Å². The molecule has 0 heterocycles. The maximum absolute atomic E-state index is 11.5. The van der Waals surface area contributed by atoms with Crippen LogP contribution in [0.4, 0.5) is 0 Å². The zero-order valence-electron chi connectivity index (χ0n) is 10.8. The molecule has 4 N–H and O–H groups in total. The largest absolute Gasteiger partial charge is 0.396 e. The van der Waals surface area contributed by atoms with Crippen molar-refractivity contribution in [2.45, 2.75) is 52.5 Å². The Balaban J connectivity index is 3.59.